The Labute approximate surface area is 92.8 Å². The minimum atomic E-state index is 0. The summed E-state index contributed by atoms with van der Waals surface area (Å²) in [5.41, 5.74) is 20.1. The molecule has 0 aliphatic rings. The van der Waals surface area contributed by atoms with E-state index in [0.717, 1.165) is 13.1 Å². The van der Waals surface area contributed by atoms with Crippen molar-refractivity contribution in [2.45, 2.75) is 0 Å². The standard InChI is InChI=1S/C4H13N3.C2H8N2.2ClH/c5-1-3-7-4-2-6;3-1-2-4;;/h7H,1-6H2;1-4H2;2*1H. The van der Waals surface area contributed by atoms with Crippen LogP contribution in [-0.4, -0.2) is 39.3 Å². The first-order valence-corrected chi connectivity index (χ1v) is 3.84. The summed E-state index contributed by atoms with van der Waals surface area (Å²) in [5, 5.41) is 3.03. The maximum absolute atomic E-state index is 5.17. The molecule has 0 bridgehead atoms. The Bertz CT molecular complexity index is 52.3. The van der Waals surface area contributed by atoms with E-state index in [0.29, 0.717) is 26.2 Å². The van der Waals surface area contributed by atoms with Crippen molar-refractivity contribution in [2.75, 3.05) is 39.3 Å². The zero-order valence-corrected chi connectivity index (χ0v) is 9.50. The molecule has 7 heteroatoms. The van der Waals surface area contributed by atoms with E-state index in [2.05, 4.69) is 5.32 Å². The molecule has 0 aliphatic carbocycles. The molecular weight excluding hydrogens is 213 g/mol. The highest BCUT2D eigenvalue weighted by atomic mass is 35.5. The molecule has 0 amide bonds. The van der Waals surface area contributed by atoms with Crippen LogP contribution in [0, 0.1) is 0 Å². The third kappa shape index (κ3) is 46.1. The Morgan fingerprint density at radius 3 is 1.08 bits per heavy atom. The van der Waals surface area contributed by atoms with Crippen molar-refractivity contribution in [3.05, 3.63) is 0 Å². The van der Waals surface area contributed by atoms with Crippen LogP contribution in [0.3, 0.4) is 0 Å². The van der Waals surface area contributed by atoms with Gasteiger partial charge in [0.1, 0.15) is 0 Å². The number of hydrogen-bond donors (Lipinski definition) is 5. The molecule has 0 unspecified atom stereocenters. The van der Waals surface area contributed by atoms with Gasteiger partial charge in [-0.2, -0.15) is 0 Å². The average molecular weight is 236 g/mol. The molecule has 9 N–H and O–H groups in total. The molecular formula is C6H23Cl2N5. The lowest BCUT2D eigenvalue weighted by Gasteiger charge is -1.95. The van der Waals surface area contributed by atoms with Crippen molar-refractivity contribution in [1.29, 1.82) is 0 Å². The van der Waals surface area contributed by atoms with Gasteiger partial charge in [-0.05, 0) is 0 Å². The number of halogens is 2. The zero-order valence-electron chi connectivity index (χ0n) is 7.87. The van der Waals surface area contributed by atoms with Gasteiger partial charge in [0, 0.05) is 39.3 Å². The van der Waals surface area contributed by atoms with Crippen LogP contribution in [0.1, 0.15) is 0 Å². The van der Waals surface area contributed by atoms with Gasteiger partial charge in [0.15, 0.2) is 0 Å². The molecule has 86 valence electrons. The second-order valence-corrected chi connectivity index (χ2v) is 1.90. The molecule has 0 atom stereocenters. The molecule has 0 aromatic heterocycles. The van der Waals surface area contributed by atoms with E-state index in [4.69, 9.17) is 22.9 Å². The SMILES string of the molecule is Cl.Cl.NCCN.NCCNCCN. The Morgan fingerprint density at radius 2 is 0.923 bits per heavy atom. The van der Waals surface area contributed by atoms with E-state index in [-0.39, 0.29) is 24.8 Å². The van der Waals surface area contributed by atoms with Crippen LogP contribution < -0.4 is 28.3 Å². The normalized spacial score (nSPS) is 7.38. The number of nitrogens with two attached hydrogens (primary N) is 4. The molecule has 13 heavy (non-hydrogen) atoms. The predicted molar refractivity (Wildman–Crippen MR) is 63.6 cm³/mol. The van der Waals surface area contributed by atoms with Crippen molar-refractivity contribution < 1.29 is 0 Å². The fraction of sp³-hybridized carbons (Fsp3) is 1.00. The van der Waals surface area contributed by atoms with Gasteiger partial charge in [-0.1, -0.05) is 0 Å². The van der Waals surface area contributed by atoms with E-state index in [9.17, 15) is 0 Å². The molecule has 0 aromatic carbocycles. The maximum Gasteiger partial charge on any atom is 0.00750 e. The summed E-state index contributed by atoms with van der Waals surface area (Å²) in [6.07, 6.45) is 0. The van der Waals surface area contributed by atoms with Crippen molar-refractivity contribution >= 4 is 24.8 Å². The van der Waals surface area contributed by atoms with Crippen molar-refractivity contribution in [1.82, 2.24) is 5.32 Å². The summed E-state index contributed by atoms with van der Waals surface area (Å²) in [7, 11) is 0. The van der Waals surface area contributed by atoms with Crippen LogP contribution >= 0.6 is 24.8 Å². The van der Waals surface area contributed by atoms with Gasteiger partial charge in [-0.3, -0.25) is 0 Å². The van der Waals surface area contributed by atoms with E-state index < -0.39 is 0 Å². The lowest BCUT2D eigenvalue weighted by molar-refractivity contribution is 0.696. The first-order chi connectivity index (χ1) is 5.33. The quantitative estimate of drug-likeness (QED) is 0.363. The summed E-state index contributed by atoms with van der Waals surface area (Å²) in [6, 6.07) is 0. The van der Waals surface area contributed by atoms with Crippen LogP contribution in [0.2, 0.25) is 0 Å². The van der Waals surface area contributed by atoms with Crippen molar-refractivity contribution in [3.63, 3.8) is 0 Å². The molecule has 0 rings (SSSR count). The average Bonchev–Trinajstić information content (AvgIpc) is 2.06. The van der Waals surface area contributed by atoms with Crippen LogP contribution in [0.5, 0.6) is 0 Å². The lowest BCUT2D eigenvalue weighted by Crippen LogP contribution is -2.27. The molecule has 0 aliphatic heterocycles. The number of hydrogen-bond acceptors (Lipinski definition) is 5. The van der Waals surface area contributed by atoms with Gasteiger partial charge in [-0.25, -0.2) is 0 Å². The fourth-order valence-electron chi connectivity index (χ4n) is 0.329. The van der Waals surface area contributed by atoms with Crippen LogP contribution in [-0.2, 0) is 0 Å². The molecule has 0 saturated heterocycles. The third-order valence-corrected chi connectivity index (χ3v) is 0.809. The van der Waals surface area contributed by atoms with Gasteiger partial charge in [0.25, 0.3) is 0 Å². The second-order valence-electron chi connectivity index (χ2n) is 1.90. The molecule has 0 spiro atoms. The van der Waals surface area contributed by atoms with Crippen LogP contribution in [0.15, 0.2) is 0 Å². The highest BCUT2D eigenvalue weighted by Gasteiger charge is 1.76. The Hall–Kier alpha value is 0.380. The minimum Gasteiger partial charge on any atom is -0.329 e. The van der Waals surface area contributed by atoms with E-state index >= 15 is 0 Å². The van der Waals surface area contributed by atoms with Crippen LogP contribution in [0.4, 0.5) is 0 Å². The largest absolute Gasteiger partial charge is 0.329 e. The fourth-order valence-corrected chi connectivity index (χ4v) is 0.329. The molecule has 0 fully saturated rings. The highest BCUT2D eigenvalue weighted by molar-refractivity contribution is 5.85. The summed E-state index contributed by atoms with van der Waals surface area (Å²) in [6.45, 7) is 4.33. The summed E-state index contributed by atoms with van der Waals surface area (Å²) >= 11 is 0. The lowest BCUT2D eigenvalue weighted by atomic mass is 10.6. The third-order valence-electron chi connectivity index (χ3n) is 0.809. The second kappa shape index (κ2) is 29.4. The monoisotopic (exact) mass is 235 g/mol. The Kier molecular flexibility index (Phi) is 52.8. The smallest absolute Gasteiger partial charge is 0.00750 e. The molecule has 5 nitrogen and oxygen atoms in total. The van der Waals surface area contributed by atoms with Gasteiger partial charge in [-0.15, -0.1) is 24.8 Å². The first kappa shape index (κ1) is 23.3. The Balaban J connectivity index is -0.0000000600. The number of nitrogens with one attached hydrogen (secondary N) is 1. The minimum absolute atomic E-state index is 0. The molecule has 0 radical (unpaired) electrons. The summed E-state index contributed by atoms with van der Waals surface area (Å²) < 4.78 is 0. The molecule has 0 saturated carbocycles. The van der Waals surface area contributed by atoms with Gasteiger partial charge in [0.2, 0.25) is 0 Å². The van der Waals surface area contributed by atoms with Crippen molar-refractivity contribution in [2.24, 2.45) is 22.9 Å². The molecule has 0 aromatic rings. The number of rotatable bonds is 5. The van der Waals surface area contributed by atoms with Gasteiger partial charge < -0.3 is 28.3 Å². The van der Waals surface area contributed by atoms with Crippen molar-refractivity contribution in [3.8, 4) is 0 Å². The highest BCUT2D eigenvalue weighted by Crippen LogP contribution is 1.49. The van der Waals surface area contributed by atoms with E-state index in [1.54, 1.807) is 0 Å². The van der Waals surface area contributed by atoms with E-state index in [1.165, 1.54) is 0 Å². The Morgan fingerprint density at radius 1 is 0.615 bits per heavy atom. The summed E-state index contributed by atoms with van der Waals surface area (Å²) in [5.74, 6) is 0. The van der Waals surface area contributed by atoms with Crippen LogP contribution in [0.25, 0.3) is 0 Å². The van der Waals surface area contributed by atoms with Gasteiger partial charge in [0.05, 0.1) is 0 Å². The van der Waals surface area contributed by atoms with Gasteiger partial charge >= 0.3 is 0 Å². The zero-order chi connectivity index (χ0) is 8.95. The maximum atomic E-state index is 5.17. The molecule has 0 heterocycles. The first-order valence-electron chi connectivity index (χ1n) is 3.84. The predicted octanol–water partition coefficient (Wildman–Crippen LogP) is -1.76. The topological polar surface area (TPSA) is 116 Å². The summed E-state index contributed by atoms with van der Waals surface area (Å²) in [4.78, 5) is 0. The van der Waals surface area contributed by atoms with E-state index in [1.807, 2.05) is 0 Å².